The summed E-state index contributed by atoms with van der Waals surface area (Å²) in [4.78, 5) is 2.51. The number of aryl methyl sites for hydroxylation is 1. The largest absolute Gasteiger partial charge is 0.376 e. The Morgan fingerprint density at radius 1 is 1.32 bits per heavy atom. The summed E-state index contributed by atoms with van der Waals surface area (Å²) in [5, 5.41) is 8.26. The maximum atomic E-state index is 5.62. The summed E-state index contributed by atoms with van der Waals surface area (Å²) in [6, 6.07) is 0. The van der Waals surface area contributed by atoms with Gasteiger partial charge in [0, 0.05) is 43.9 Å². The van der Waals surface area contributed by atoms with Crippen molar-refractivity contribution in [2.75, 3.05) is 32.8 Å². The summed E-state index contributed by atoms with van der Waals surface area (Å²) in [6.07, 6.45) is 2.24. The van der Waals surface area contributed by atoms with E-state index in [0.717, 1.165) is 52.4 Å². The van der Waals surface area contributed by atoms with Gasteiger partial charge in [0.25, 0.3) is 0 Å². The van der Waals surface area contributed by atoms with Crippen molar-refractivity contribution in [3.8, 4) is 0 Å². The molecule has 1 aromatic rings. The molecule has 5 nitrogen and oxygen atoms in total. The van der Waals surface area contributed by atoms with Crippen LogP contribution in [0.5, 0.6) is 0 Å². The predicted octanol–water partition coefficient (Wildman–Crippen LogP) is 0.771. The van der Waals surface area contributed by atoms with Gasteiger partial charge in [0.2, 0.25) is 0 Å². The summed E-state index contributed by atoms with van der Waals surface area (Å²) >= 11 is 0. The van der Waals surface area contributed by atoms with Crippen molar-refractivity contribution in [3.63, 3.8) is 0 Å². The van der Waals surface area contributed by atoms with Crippen LogP contribution in [0.15, 0.2) is 0 Å². The highest BCUT2D eigenvalue weighted by Crippen LogP contribution is 2.22. The van der Waals surface area contributed by atoms with Gasteiger partial charge in [-0.05, 0) is 26.4 Å². The van der Waals surface area contributed by atoms with Crippen molar-refractivity contribution in [1.82, 2.24) is 20.0 Å². The predicted molar refractivity (Wildman–Crippen MR) is 74.0 cm³/mol. The summed E-state index contributed by atoms with van der Waals surface area (Å²) in [5.41, 5.74) is 3.99. The first-order valence-electron chi connectivity index (χ1n) is 7.46. The van der Waals surface area contributed by atoms with Gasteiger partial charge in [0.15, 0.2) is 0 Å². The molecule has 2 aliphatic heterocycles. The maximum absolute atomic E-state index is 5.62. The second kappa shape index (κ2) is 6.03. The van der Waals surface area contributed by atoms with Crippen LogP contribution in [-0.2, 0) is 30.9 Å². The number of nitrogens with one attached hydrogen (secondary N) is 1. The molecule has 0 spiro atoms. The first kappa shape index (κ1) is 13.1. The third kappa shape index (κ3) is 2.83. The Labute approximate surface area is 114 Å². The third-order valence-corrected chi connectivity index (χ3v) is 4.08. The van der Waals surface area contributed by atoms with E-state index >= 15 is 0 Å². The van der Waals surface area contributed by atoms with E-state index in [1.165, 1.54) is 29.9 Å². The fraction of sp³-hybridized carbons (Fsp3) is 0.786. The number of hydrogen-bond donors (Lipinski definition) is 1. The summed E-state index contributed by atoms with van der Waals surface area (Å²) in [6.45, 7) is 10.2. The molecule has 3 heterocycles. The SMILES string of the molecule is CCn1nc(CN2CCCNCC2)c2c1CCOC2. The Morgan fingerprint density at radius 2 is 2.26 bits per heavy atom. The van der Waals surface area contributed by atoms with Gasteiger partial charge in [-0.1, -0.05) is 0 Å². The van der Waals surface area contributed by atoms with Crippen LogP contribution in [0.1, 0.15) is 30.3 Å². The van der Waals surface area contributed by atoms with Gasteiger partial charge in [-0.2, -0.15) is 5.10 Å². The Balaban J connectivity index is 1.78. The lowest BCUT2D eigenvalue weighted by atomic mass is 10.1. The van der Waals surface area contributed by atoms with Crippen molar-refractivity contribution < 1.29 is 4.74 Å². The van der Waals surface area contributed by atoms with E-state index in [4.69, 9.17) is 9.84 Å². The van der Waals surface area contributed by atoms with E-state index < -0.39 is 0 Å². The standard InChI is InChI=1S/C14H24N4O/c1-2-18-14-4-9-19-11-12(14)13(16-18)10-17-7-3-5-15-6-8-17/h15H,2-11H2,1H3. The summed E-state index contributed by atoms with van der Waals surface area (Å²) < 4.78 is 7.79. The topological polar surface area (TPSA) is 42.3 Å². The second-order valence-corrected chi connectivity index (χ2v) is 5.37. The smallest absolute Gasteiger partial charge is 0.0822 e. The van der Waals surface area contributed by atoms with Gasteiger partial charge < -0.3 is 10.1 Å². The minimum Gasteiger partial charge on any atom is -0.376 e. The molecule has 1 fully saturated rings. The van der Waals surface area contributed by atoms with Crippen molar-refractivity contribution in [2.45, 2.75) is 39.5 Å². The lowest BCUT2D eigenvalue weighted by Crippen LogP contribution is -2.28. The molecule has 3 rings (SSSR count). The van der Waals surface area contributed by atoms with Gasteiger partial charge in [-0.3, -0.25) is 9.58 Å². The van der Waals surface area contributed by atoms with Crippen LogP contribution in [-0.4, -0.2) is 47.5 Å². The van der Waals surface area contributed by atoms with Gasteiger partial charge in [-0.15, -0.1) is 0 Å². The molecule has 2 aliphatic rings. The van der Waals surface area contributed by atoms with E-state index in [2.05, 4.69) is 21.8 Å². The third-order valence-electron chi connectivity index (χ3n) is 4.08. The van der Waals surface area contributed by atoms with E-state index in [0.29, 0.717) is 0 Å². The van der Waals surface area contributed by atoms with Crippen LogP contribution in [0.3, 0.4) is 0 Å². The molecule has 1 N–H and O–H groups in total. The average molecular weight is 264 g/mol. The molecule has 0 radical (unpaired) electrons. The van der Waals surface area contributed by atoms with E-state index in [-0.39, 0.29) is 0 Å². The van der Waals surface area contributed by atoms with Crippen LogP contribution in [0, 0.1) is 0 Å². The first-order valence-corrected chi connectivity index (χ1v) is 7.46. The Hall–Kier alpha value is -0.910. The minimum absolute atomic E-state index is 0.747. The molecule has 106 valence electrons. The van der Waals surface area contributed by atoms with Gasteiger partial charge in [-0.25, -0.2) is 0 Å². The molecule has 0 amide bonds. The van der Waals surface area contributed by atoms with Crippen LogP contribution in [0.4, 0.5) is 0 Å². The number of nitrogens with zero attached hydrogens (tertiary/aromatic N) is 3. The summed E-state index contributed by atoms with van der Waals surface area (Å²) in [5.74, 6) is 0. The molecular weight excluding hydrogens is 240 g/mol. The van der Waals surface area contributed by atoms with Crippen LogP contribution in [0.25, 0.3) is 0 Å². The maximum Gasteiger partial charge on any atom is 0.0822 e. The number of aromatic nitrogens is 2. The molecule has 0 aromatic carbocycles. The Morgan fingerprint density at radius 3 is 3.16 bits per heavy atom. The molecule has 19 heavy (non-hydrogen) atoms. The van der Waals surface area contributed by atoms with Crippen molar-refractivity contribution >= 4 is 0 Å². The monoisotopic (exact) mass is 264 g/mol. The zero-order valence-electron chi connectivity index (χ0n) is 11.8. The van der Waals surface area contributed by atoms with Gasteiger partial charge >= 0.3 is 0 Å². The van der Waals surface area contributed by atoms with Crippen LogP contribution < -0.4 is 5.32 Å². The summed E-state index contributed by atoms with van der Waals surface area (Å²) in [7, 11) is 0. The zero-order valence-corrected chi connectivity index (χ0v) is 11.8. The molecule has 0 bridgehead atoms. The van der Waals surface area contributed by atoms with Crippen LogP contribution in [0.2, 0.25) is 0 Å². The lowest BCUT2D eigenvalue weighted by molar-refractivity contribution is 0.107. The highest BCUT2D eigenvalue weighted by molar-refractivity contribution is 5.27. The van der Waals surface area contributed by atoms with Crippen molar-refractivity contribution in [1.29, 1.82) is 0 Å². The fourth-order valence-electron chi connectivity index (χ4n) is 3.04. The average Bonchev–Trinajstić information content (AvgIpc) is 2.62. The fourth-order valence-corrected chi connectivity index (χ4v) is 3.04. The molecule has 0 unspecified atom stereocenters. The van der Waals surface area contributed by atoms with Gasteiger partial charge in [0.1, 0.15) is 0 Å². The molecule has 0 atom stereocenters. The highest BCUT2D eigenvalue weighted by Gasteiger charge is 2.22. The first-order chi connectivity index (χ1) is 9.38. The molecule has 0 saturated carbocycles. The van der Waals surface area contributed by atoms with E-state index in [9.17, 15) is 0 Å². The molecule has 0 aliphatic carbocycles. The highest BCUT2D eigenvalue weighted by atomic mass is 16.5. The minimum atomic E-state index is 0.747. The normalized spacial score (nSPS) is 21.1. The number of fused-ring (bicyclic) bond motifs is 1. The number of rotatable bonds is 3. The van der Waals surface area contributed by atoms with E-state index in [1.807, 2.05) is 0 Å². The molecule has 1 aromatic heterocycles. The van der Waals surface area contributed by atoms with Crippen LogP contribution >= 0.6 is 0 Å². The zero-order chi connectivity index (χ0) is 13.1. The van der Waals surface area contributed by atoms with Gasteiger partial charge in [0.05, 0.1) is 18.9 Å². The number of hydrogen-bond acceptors (Lipinski definition) is 4. The van der Waals surface area contributed by atoms with Crippen molar-refractivity contribution in [2.24, 2.45) is 0 Å². The quantitative estimate of drug-likeness (QED) is 0.876. The Bertz CT molecular complexity index is 421. The van der Waals surface area contributed by atoms with E-state index in [1.54, 1.807) is 0 Å². The second-order valence-electron chi connectivity index (χ2n) is 5.37. The Kier molecular flexibility index (Phi) is 4.15. The lowest BCUT2D eigenvalue weighted by Gasteiger charge is -2.19. The molecular formula is C14H24N4O. The molecule has 1 saturated heterocycles. The number of ether oxygens (including phenoxy) is 1. The van der Waals surface area contributed by atoms with Crippen molar-refractivity contribution in [3.05, 3.63) is 17.0 Å². The molecule has 5 heteroatoms.